The first-order valence-corrected chi connectivity index (χ1v) is 11.5. The molecule has 1 aromatic carbocycles. The van der Waals surface area contributed by atoms with Gasteiger partial charge in [0, 0.05) is 44.6 Å². The highest BCUT2D eigenvalue weighted by Gasteiger charge is 2.43. The number of likely N-dealkylation sites (tertiary alicyclic amines) is 1. The molecule has 0 radical (unpaired) electrons. The lowest BCUT2D eigenvalue weighted by Crippen LogP contribution is -2.44. The molecular formula is C24H28ClF4N3O3. The Morgan fingerprint density at radius 1 is 1.29 bits per heavy atom. The molecule has 192 valence electrons. The number of pyridine rings is 1. The summed E-state index contributed by atoms with van der Waals surface area (Å²) in [4.78, 5) is 17.9. The molecular weight excluding hydrogens is 490 g/mol. The number of rotatable bonds is 5. The number of alkyl halides is 3. The highest BCUT2D eigenvalue weighted by molar-refractivity contribution is 6.30. The summed E-state index contributed by atoms with van der Waals surface area (Å²) in [6.07, 6.45) is 1.79. The van der Waals surface area contributed by atoms with Crippen molar-refractivity contribution in [1.29, 1.82) is 0 Å². The predicted molar refractivity (Wildman–Crippen MR) is 122 cm³/mol. The second-order valence-corrected chi connectivity index (χ2v) is 9.36. The highest BCUT2D eigenvalue weighted by Crippen LogP contribution is 2.38. The Labute approximate surface area is 206 Å². The summed E-state index contributed by atoms with van der Waals surface area (Å²) in [6.45, 7) is 4.40. The quantitative estimate of drug-likeness (QED) is 0.577. The Bertz CT molecular complexity index is 986. The van der Waals surface area contributed by atoms with Gasteiger partial charge in [-0.1, -0.05) is 23.7 Å². The first-order valence-electron chi connectivity index (χ1n) is 11.2. The topological polar surface area (TPSA) is 65.9 Å². The molecule has 1 N–H and O–H groups in total. The van der Waals surface area contributed by atoms with E-state index in [1.807, 2.05) is 24.5 Å². The second kappa shape index (κ2) is 11.6. The molecule has 6 nitrogen and oxygen atoms in total. The minimum atomic E-state index is -5.08. The van der Waals surface area contributed by atoms with E-state index < -0.39 is 12.1 Å². The number of ether oxygens (including phenoxy) is 1. The summed E-state index contributed by atoms with van der Waals surface area (Å²) < 4.78 is 51.7. The van der Waals surface area contributed by atoms with E-state index in [2.05, 4.69) is 27.9 Å². The van der Waals surface area contributed by atoms with Crippen LogP contribution in [-0.4, -0.2) is 70.4 Å². The molecule has 2 aromatic rings. The molecule has 35 heavy (non-hydrogen) atoms. The van der Waals surface area contributed by atoms with E-state index in [1.54, 1.807) is 12.1 Å². The van der Waals surface area contributed by atoms with Crippen LogP contribution in [0.3, 0.4) is 0 Å². The first-order chi connectivity index (χ1) is 16.5. The van der Waals surface area contributed by atoms with Crippen LogP contribution in [0.25, 0.3) is 0 Å². The molecule has 0 aliphatic carbocycles. The fraction of sp³-hybridized carbons (Fsp3) is 0.500. The Balaban J connectivity index is 0.000000429. The molecule has 0 saturated carbocycles. The van der Waals surface area contributed by atoms with E-state index in [-0.39, 0.29) is 16.4 Å². The zero-order valence-electron chi connectivity index (χ0n) is 19.3. The van der Waals surface area contributed by atoms with E-state index in [0.717, 1.165) is 57.6 Å². The Hall–Kier alpha value is -2.27. The summed E-state index contributed by atoms with van der Waals surface area (Å²) in [5.41, 5.74) is 2.20. The van der Waals surface area contributed by atoms with Gasteiger partial charge in [-0.25, -0.2) is 9.18 Å². The molecule has 3 heterocycles. The van der Waals surface area contributed by atoms with Crippen molar-refractivity contribution in [3.05, 3.63) is 64.7 Å². The van der Waals surface area contributed by atoms with Gasteiger partial charge in [-0.15, -0.1) is 0 Å². The van der Waals surface area contributed by atoms with Gasteiger partial charge in [0.05, 0.1) is 17.2 Å². The van der Waals surface area contributed by atoms with Crippen molar-refractivity contribution < 1.29 is 32.2 Å². The van der Waals surface area contributed by atoms with Gasteiger partial charge < -0.3 is 9.84 Å². The van der Waals surface area contributed by atoms with Crippen molar-refractivity contribution in [2.75, 3.05) is 26.7 Å². The maximum atomic E-state index is 13.7. The molecule has 2 aliphatic heterocycles. The number of aliphatic carboxylic acids is 1. The van der Waals surface area contributed by atoms with E-state index in [9.17, 15) is 17.6 Å². The zero-order valence-corrected chi connectivity index (χ0v) is 20.0. The number of nitrogens with zero attached hydrogens (tertiary/aromatic N) is 3. The van der Waals surface area contributed by atoms with Crippen LogP contribution >= 0.6 is 11.6 Å². The van der Waals surface area contributed by atoms with Crippen molar-refractivity contribution >= 4 is 17.6 Å². The molecule has 1 atom stereocenters. The molecule has 1 unspecified atom stereocenters. The molecule has 1 spiro atoms. The molecule has 0 amide bonds. The largest absolute Gasteiger partial charge is 0.490 e. The van der Waals surface area contributed by atoms with Crippen LogP contribution in [-0.2, 0) is 22.6 Å². The van der Waals surface area contributed by atoms with E-state index >= 15 is 0 Å². The molecule has 11 heteroatoms. The van der Waals surface area contributed by atoms with Crippen LogP contribution in [0, 0.1) is 5.82 Å². The zero-order chi connectivity index (χ0) is 25.6. The average molecular weight is 518 g/mol. The van der Waals surface area contributed by atoms with Crippen LogP contribution in [0.1, 0.15) is 30.4 Å². The number of aromatic nitrogens is 1. The third-order valence-electron chi connectivity index (χ3n) is 6.37. The summed E-state index contributed by atoms with van der Waals surface area (Å²) in [7, 11) is 2.17. The van der Waals surface area contributed by atoms with Gasteiger partial charge >= 0.3 is 12.1 Å². The maximum absolute atomic E-state index is 13.7. The molecule has 2 fully saturated rings. The lowest BCUT2D eigenvalue weighted by atomic mass is 9.87. The van der Waals surface area contributed by atoms with E-state index in [1.165, 1.54) is 5.56 Å². The van der Waals surface area contributed by atoms with Gasteiger partial charge in [0.2, 0.25) is 0 Å². The van der Waals surface area contributed by atoms with Crippen LogP contribution < -0.4 is 0 Å². The fourth-order valence-electron chi connectivity index (χ4n) is 4.38. The van der Waals surface area contributed by atoms with Gasteiger partial charge in [-0.2, -0.15) is 13.2 Å². The van der Waals surface area contributed by atoms with Crippen molar-refractivity contribution in [1.82, 2.24) is 14.8 Å². The lowest BCUT2D eigenvalue weighted by Gasteiger charge is -2.39. The fourth-order valence-corrected chi connectivity index (χ4v) is 4.49. The number of likely N-dealkylation sites (N-methyl/N-ethyl adjacent to an activating group) is 1. The van der Waals surface area contributed by atoms with Crippen LogP contribution in [0.5, 0.6) is 0 Å². The third-order valence-corrected chi connectivity index (χ3v) is 6.67. The van der Waals surface area contributed by atoms with Gasteiger partial charge in [0.15, 0.2) is 0 Å². The van der Waals surface area contributed by atoms with Crippen LogP contribution in [0.2, 0.25) is 5.02 Å². The smallest absolute Gasteiger partial charge is 0.475 e. The summed E-state index contributed by atoms with van der Waals surface area (Å²) in [5.74, 6) is -3.10. The number of carboxylic acid groups (broad SMARTS) is 1. The number of piperidine rings is 1. The number of carboxylic acids is 1. The highest BCUT2D eigenvalue weighted by atomic mass is 35.5. The van der Waals surface area contributed by atoms with Crippen molar-refractivity contribution in [2.45, 2.75) is 50.2 Å². The minimum Gasteiger partial charge on any atom is -0.475 e. The molecule has 4 rings (SSSR count). The lowest BCUT2D eigenvalue weighted by molar-refractivity contribution is -0.192. The second-order valence-electron chi connectivity index (χ2n) is 8.96. The monoisotopic (exact) mass is 517 g/mol. The molecule has 2 aliphatic rings. The molecule has 2 saturated heterocycles. The number of hydrogen-bond donors (Lipinski definition) is 1. The molecule has 0 bridgehead atoms. The first kappa shape index (κ1) is 27.3. The molecule has 1 aromatic heterocycles. The van der Waals surface area contributed by atoms with Gasteiger partial charge in [0.1, 0.15) is 5.82 Å². The van der Waals surface area contributed by atoms with Crippen molar-refractivity contribution in [2.24, 2.45) is 0 Å². The minimum absolute atomic E-state index is 0.00435. The third kappa shape index (κ3) is 7.86. The van der Waals surface area contributed by atoms with Crippen LogP contribution in [0.4, 0.5) is 17.6 Å². The maximum Gasteiger partial charge on any atom is 0.490 e. The summed E-state index contributed by atoms with van der Waals surface area (Å²) in [5, 5.41) is 7.31. The van der Waals surface area contributed by atoms with Crippen LogP contribution in [0.15, 0.2) is 42.7 Å². The summed E-state index contributed by atoms with van der Waals surface area (Å²) in [6, 6.07) is 9.64. The SMILES string of the molecule is CN(Cc1cccnc1)C1COC2(CCN(Cc3ccc(Cl)c(F)c3)CC2)C1.O=C(O)C(F)(F)F. The van der Waals surface area contributed by atoms with Gasteiger partial charge in [-0.3, -0.25) is 14.8 Å². The van der Waals surface area contributed by atoms with Gasteiger partial charge in [0.25, 0.3) is 0 Å². The number of halogens is 5. The average Bonchev–Trinajstić information content (AvgIpc) is 3.22. The number of hydrogen-bond acceptors (Lipinski definition) is 5. The number of benzene rings is 1. The Kier molecular flexibility index (Phi) is 9.09. The standard InChI is InChI=1S/C22H27ClFN3O.C2HF3O2/c1-26(14-18-3-2-8-25-13-18)19-12-22(28-16-19)6-9-27(10-7-22)15-17-4-5-20(23)21(24)11-17;3-2(4,5)1(6)7/h2-5,8,11,13,19H,6-7,9-10,12,14-16H2,1H3;(H,6,7). The van der Waals surface area contributed by atoms with Crippen molar-refractivity contribution in [3.63, 3.8) is 0 Å². The summed E-state index contributed by atoms with van der Waals surface area (Å²) >= 11 is 5.78. The van der Waals surface area contributed by atoms with Gasteiger partial charge in [-0.05, 0) is 55.6 Å². The van der Waals surface area contributed by atoms with E-state index in [0.29, 0.717) is 6.04 Å². The normalized spacial score (nSPS) is 20.0. The van der Waals surface area contributed by atoms with E-state index in [4.69, 9.17) is 26.2 Å². The Morgan fingerprint density at radius 3 is 2.54 bits per heavy atom. The number of carbonyl (C=O) groups is 1. The van der Waals surface area contributed by atoms with Crippen molar-refractivity contribution in [3.8, 4) is 0 Å². The predicted octanol–water partition coefficient (Wildman–Crippen LogP) is 4.76. The Morgan fingerprint density at radius 2 is 1.97 bits per heavy atom.